The SMILES string of the molecule is O=C(COc1cccc([C@@H]2c3sc(=O)[nH]c3S[C@H]3C(=O)N(c4cccc(C(F)(F)F)c4)C(=O)[C@@H]23)c1)Nc1ccc(O)cc1. The maximum absolute atomic E-state index is 13.8. The van der Waals surface area contributed by atoms with Crippen LogP contribution in [0.1, 0.15) is 21.9 Å². The first kappa shape index (κ1) is 28.6. The number of phenols is 1. The number of imide groups is 1. The van der Waals surface area contributed by atoms with Crippen LogP contribution < -0.4 is 19.8 Å². The third kappa shape index (κ3) is 5.50. The zero-order valence-corrected chi connectivity index (χ0v) is 23.4. The number of benzene rings is 3. The van der Waals surface area contributed by atoms with Gasteiger partial charge in [0.05, 0.1) is 22.2 Å². The van der Waals surface area contributed by atoms with E-state index in [-0.39, 0.29) is 28.7 Å². The molecule has 220 valence electrons. The molecule has 43 heavy (non-hydrogen) atoms. The van der Waals surface area contributed by atoms with E-state index in [1.54, 1.807) is 24.3 Å². The van der Waals surface area contributed by atoms with Crippen LogP contribution in [-0.4, -0.2) is 39.7 Å². The highest BCUT2D eigenvalue weighted by Crippen LogP contribution is 2.53. The molecule has 3 N–H and O–H groups in total. The van der Waals surface area contributed by atoms with E-state index in [9.17, 15) is 37.5 Å². The first-order chi connectivity index (χ1) is 20.5. The molecule has 0 spiro atoms. The average Bonchev–Trinajstić information content (AvgIpc) is 3.47. The lowest BCUT2D eigenvalue weighted by molar-refractivity contribution is -0.137. The van der Waals surface area contributed by atoms with Crippen LogP contribution in [0.3, 0.4) is 0 Å². The molecule has 6 rings (SSSR count). The normalized spacial score (nSPS) is 19.6. The minimum absolute atomic E-state index is 0.0467. The first-order valence-corrected chi connectivity index (χ1v) is 14.5. The van der Waals surface area contributed by atoms with Crippen molar-refractivity contribution in [3.05, 3.63) is 98.5 Å². The number of aromatic nitrogens is 1. The third-order valence-corrected chi connectivity index (χ3v) is 9.39. The molecule has 9 nitrogen and oxygen atoms in total. The van der Waals surface area contributed by atoms with Crippen molar-refractivity contribution < 1.29 is 37.4 Å². The number of nitrogens with one attached hydrogen (secondary N) is 2. The van der Waals surface area contributed by atoms with Gasteiger partial charge in [-0.3, -0.25) is 19.2 Å². The Morgan fingerprint density at radius 3 is 2.49 bits per heavy atom. The van der Waals surface area contributed by atoms with Crippen LogP contribution in [0.2, 0.25) is 0 Å². The number of hydrogen-bond donors (Lipinski definition) is 3. The number of aromatic hydroxyl groups is 1. The largest absolute Gasteiger partial charge is 0.508 e. The highest BCUT2D eigenvalue weighted by atomic mass is 32.2. The van der Waals surface area contributed by atoms with Gasteiger partial charge in [0.1, 0.15) is 16.7 Å². The van der Waals surface area contributed by atoms with Crippen LogP contribution in [0, 0.1) is 5.92 Å². The number of alkyl halides is 3. The van der Waals surface area contributed by atoms with E-state index in [0.717, 1.165) is 46.2 Å². The van der Waals surface area contributed by atoms with Crippen molar-refractivity contribution in [2.75, 3.05) is 16.8 Å². The number of hydrogen-bond acceptors (Lipinski definition) is 8. The number of carbonyl (C=O) groups is 3. The second kappa shape index (κ2) is 10.9. The number of carbonyl (C=O) groups excluding carboxylic acids is 3. The molecule has 0 bridgehead atoms. The van der Waals surface area contributed by atoms with Crippen LogP contribution >= 0.6 is 23.1 Å². The summed E-state index contributed by atoms with van der Waals surface area (Å²) in [5, 5.41) is 11.4. The van der Waals surface area contributed by atoms with Crippen LogP contribution in [0.4, 0.5) is 24.5 Å². The topological polar surface area (TPSA) is 129 Å². The van der Waals surface area contributed by atoms with Crippen LogP contribution in [-0.2, 0) is 20.6 Å². The Hall–Kier alpha value is -4.56. The molecule has 0 saturated carbocycles. The number of aromatic amines is 1. The summed E-state index contributed by atoms with van der Waals surface area (Å²) in [6.45, 7) is -0.361. The zero-order chi connectivity index (χ0) is 30.5. The summed E-state index contributed by atoms with van der Waals surface area (Å²) in [5.74, 6) is -3.30. The van der Waals surface area contributed by atoms with E-state index in [1.807, 2.05) is 0 Å². The predicted octanol–water partition coefficient (Wildman–Crippen LogP) is 4.97. The third-order valence-electron chi connectivity index (χ3n) is 6.99. The van der Waals surface area contributed by atoms with Gasteiger partial charge >= 0.3 is 11.0 Å². The number of thiazole rings is 1. The maximum Gasteiger partial charge on any atom is 0.416 e. The Morgan fingerprint density at radius 1 is 1.00 bits per heavy atom. The number of nitrogens with zero attached hydrogens (tertiary/aromatic N) is 1. The Bertz CT molecular complexity index is 1800. The van der Waals surface area contributed by atoms with Crippen molar-refractivity contribution in [2.45, 2.75) is 22.4 Å². The zero-order valence-electron chi connectivity index (χ0n) is 21.8. The van der Waals surface area contributed by atoms with E-state index in [2.05, 4.69) is 10.3 Å². The Kier molecular flexibility index (Phi) is 7.26. The van der Waals surface area contributed by atoms with Gasteiger partial charge < -0.3 is 20.1 Å². The fourth-order valence-corrected chi connectivity index (χ4v) is 7.66. The number of anilines is 2. The second-order valence-corrected chi connectivity index (χ2v) is 11.9. The molecule has 14 heteroatoms. The number of halogens is 3. The molecule has 2 aliphatic rings. The quantitative estimate of drug-likeness (QED) is 0.203. The highest BCUT2D eigenvalue weighted by molar-refractivity contribution is 8.00. The summed E-state index contributed by atoms with van der Waals surface area (Å²) in [6.07, 6.45) is -4.67. The molecule has 4 aromatic rings. The van der Waals surface area contributed by atoms with Gasteiger partial charge in [-0.05, 0) is 60.2 Å². The van der Waals surface area contributed by atoms with Gasteiger partial charge in [-0.1, -0.05) is 41.3 Å². The maximum atomic E-state index is 13.8. The summed E-state index contributed by atoms with van der Waals surface area (Å²) in [4.78, 5) is 55.8. The van der Waals surface area contributed by atoms with Gasteiger partial charge in [-0.15, -0.1) is 0 Å². The van der Waals surface area contributed by atoms with Crippen LogP contribution in [0.25, 0.3) is 0 Å². The smallest absolute Gasteiger partial charge is 0.416 e. The van der Waals surface area contributed by atoms with Crippen molar-refractivity contribution >= 4 is 52.2 Å². The number of fused-ring (bicyclic) bond motifs is 2. The number of rotatable bonds is 6. The number of thioether (sulfide) groups is 1. The summed E-state index contributed by atoms with van der Waals surface area (Å²) in [5.41, 5.74) is -0.203. The molecular weight excluding hydrogens is 607 g/mol. The Balaban J connectivity index is 1.29. The van der Waals surface area contributed by atoms with Crippen molar-refractivity contribution in [2.24, 2.45) is 5.92 Å². The molecule has 3 amide bonds. The minimum atomic E-state index is -4.67. The molecule has 3 aromatic carbocycles. The van der Waals surface area contributed by atoms with E-state index < -0.39 is 46.5 Å². The molecule has 3 heterocycles. The molecular formula is C29H20F3N3O6S2. The van der Waals surface area contributed by atoms with Crippen molar-refractivity contribution in [3.63, 3.8) is 0 Å². The van der Waals surface area contributed by atoms with Crippen molar-refractivity contribution in [1.82, 2.24) is 4.98 Å². The monoisotopic (exact) mass is 627 g/mol. The van der Waals surface area contributed by atoms with Gasteiger partial charge in [-0.2, -0.15) is 13.2 Å². The summed E-state index contributed by atoms with van der Waals surface area (Å²) in [7, 11) is 0. The van der Waals surface area contributed by atoms with Crippen molar-refractivity contribution in [3.8, 4) is 11.5 Å². The van der Waals surface area contributed by atoms with E-state index in [1.165, 1.54) is 30.3 Å². The van der Waals surface area contributed by atoms with Gasteiger partial charge in [0.15, 0.2) is 6.61 Å². The first-order valence-electron chi connectivity index (χ1n) is 12.8. The van der Waals surface area contributed by atoms with Gasteiger partial charge in [0.2, 0.25) is 11.8 Å². The molecule has 0 unspecified atom stereocenters. The fraction of sp³-hybridized carbons (Fsp3) is 0.172. The Labute approximate surface area is 249 Å². The summed E-state index contributed by atoms with van der Waals surface area (Å²) < 4.78 is 45.9. The lowest BCUT2D eigenvalue weighted by Crippen LogP contribution is -2.32. The summed E-state index contributed by atoms with van der Waals surface area (Å²) >= 11 is 1.90. The molecule has 0 aliphatic carbocycles. The summed E-state index contributed by atoms with van der Waals surface area (Å²) in [6, 6.07) is 16.5. The number of H-pyrrole nitrogens is 1. The lowest BCUT2D eigenvalue weighted by atomic mass is 9.83. The number of phenolic OH excluding ortho intramolecular Hbond substituents is 1. The average molecular weight is 628 g/mol. The van der Waals surface area contributed by atoms with E-state index in [4.69, 9.17) is 4.74 Å². The predicted molar refractivity (Wildman–Crippen MR) is 153 cm³/mol. The fourth-order valence-electron chi connectivity index (χ4n) is 5.14. The molecule has 0 radical (unpaired) electrons. The van der Waals surface area contributed by atoms with Gasteiger partial charge in [-0.25, -0.2) is 4.90 Å². The van der Waals surface area contributed by atoms with Crippen LogP contribution in [0.5, 0.6) is 11.5 Å². The number of amides is 3. The van der Waals surface area contributed by atoms with Gasteiger partial charge in [0.25, 0.3) is 5.91 Å². The Morgan fingerprint density at radius 2 is 1.74 bits per heavy atom. The highest BCUT2D eigenvalue weighted by Gasteiger charge is 2.56. The number of ether oxygens (including phenoxy) is 1. The molecule has 1 fully saturated rings. The van der Waals surface area contributed by atoms with E-state index in [0.29, 0.717) is 21.2 Å². The molecule has 3 atom stereocenters. The molecule has 1 aromatic heterocycles. The van der Waals surface area contributed by atoms with E-state index >= 15 is 0 Å². The lowest BCUT2D eigenvalue weighted by Gasteiger charge is -2.30. The second-order valence-electron chi connectivity index (χ2n) is 9.77. The molecule has 2 aliphatic heterocycles. The van der Waals surface area contributed by atoms with Crippen molar-refractivity contribution in [1.29, 1.82) is 0 Å². The minimum Gasteiger partial charge on any atom is -0.508 e. The standard InChI is InChI=1S/C29H20F3N3O6S2/c30-29(31,32)15-4-2-5-17(12-15)35-26(38)22-21(23-25(34-28(40)43-23)42-24(22)27(35)39)14-3-1-6-19(11-14)41-13-20(37)33-16-7-9-18(36)10-8-16/h1-12,21-22,24,36H,13H2,(H,33,37)(H,34,40)/t21-,22-,24+/m0/s1. The van der Waals surface area contributed by atoms with Crippen LogP contribution in [0.15, 0.2) is 82.6 Å². The van der Waals surface area contributed by atoms with Gasteiger partial charge in [0, 0.05) is 16.5 Å². The molecule has 1 saturated heterocycles.